The molecule has 0 aliphatic rings. The zero-order chi connectivity index (χ0) is 31.0. The predicted molar refractivity (Wildman–Crippen MR) is 172 cm³/mol. The Balaban J connectivity index is 1.92. The van der Waals surface area contributed by atoms with Gasteiger partial charge in [-0.1, -0.05) is 71.7 Å². The minimum atomic E-state index is -3.60. The maximum Gasteiger partial charge on any atom is 0.243 e. The number of carbonyl (C=O) groups is 2. The molecule has 0 heterocycles. The van der Waals surface area contributed by atoms with Gasteiger partial charge in [0, 0.05) is 32.0 Å². The highest BCUT2D eigenvalue weighted by Crippen LogP contribution is 2.26. The van der Waals surface area contributed by atoms with Crippen molar-refractivity contribution in [2.45, 2.75) is 65.6 Å². The van der Waals surface area contributed by atoms with Crippen molar-refractivity contribution in [2.24, 2.45) is 0 Å². The van der Waals surface area contributed by atoms with Crippen LogP contribution in [0.5, 0.6) is 0 Å². The highest BCUT2D eigenvalue weighted by Gasteiger charge is 2.31. The average molecular weight is 633 g/mol. The Bertz CT molecular complexity index is 1500. The number of halogens is 2. The molecule has 0 radical (unpaired) electrons. The number of nitrogens with one attached hydrogen (secondary N) is 1. The van der Waals surface area contributed by atoms with Gasteiger partial charge in [0.05, 0.1) is 22.0 Å². The summed E-state index contributed by atoms with van der Waals surface area (Å²) in [5.41, 5.74) is 3.99. The fourth-order valence-electron chi connectivity index (χ4n) is 4.74. The van der Waals surface area contributed by atoms with Gasteiger partial charge in [-0.05, 0) is 74.6 Å². The number of rotatable bonds is 13. The third-order valence-electron chi connectivity index (χ3n) is 6.82. The number of anilines is 1. The molecular formula is C32H39Cl2N3O4S. The molecule has 0 bridgehead atoms. The molecule has 0 fully saturated rings. The van der Waals surface area contributed by atoms with Gasteiger partial charge in [0.15, 0.2) is 0 Å². The summed E-state index contributed by atoms with van der Waals surface area (Å²) in [7, 11) is -3.60. The number of benzene rings is 3. The molecule has 0 aromatic heterocycles. The van der Waals surface area contributed by atoms with Crippen LogP contribution in [0.4, 0.5) is 5.69 Å². The number of nitrogens with zero attached hydrogens (tertiary/aromatic N) is 2. The first-order valence-corrected chi connectivity index (χ1v) is 16.5. The van der Waals surface area contributed by atoms with Gasteiger partial charge in [0.25, 0.3) is 0 Å². The Labute approximate surface area is 259 Å². The van der Waals surface area contributed by atoms with E-state index in [4.69, 9.17) is 23.2 Å². The van der Waals surface area contributed by atoms with E-state index in [9.17, 15) is 18.0 Å². The summed E-state index contributed by atoms with van der Waals surface area (Å²) in [4.78, 5) is 29.0. The zero-order valence-electron chi connectivity index (χ0n) is 24.7. The normalized spacial score (nSPS) is 12.2. The first kappa shape index (κ1) is 33.4. The fraction of sp³-hybridized carbons (Fsp3) is 0.375. The van der Waals surface area contributed by atoms with Crippen LogP contribution in [-0.2, 0) is 32.6 Å². The molecule has 0 aliphatic heterocycles. The van der Waals surface area contributed by atoms with Crippen molar-refractivity contribution in [1.29, 1.82) is 0 Å². The van der Waals surface area contributed by atoms with Crippen molar-refractivity contribution >= 4 is 50.7 Å². The van der Waals surface area contributed by atoms with Crippen LogP contribution in [0, 0.1) is 13.8 Å². The summed E-state index contributed by atoms with van der Waals surface area (Å²) in [6.45, 7) is 7.76. The van der Waals surface area contributed by atoms with Gasteiger partial charge in [0.2, 0.25) is 21.8 Å². The molecule has 10 heteroatoms. The molecule has 0 aliphatic carbocycles. The average Bonchev–Trinajstić information content (AvgIpc) is 2.91. The number of hydrogen-bond donors (Lipinski definition) is 1. The first-order valence-electron chi connectivity index (χ1n) is 13.9. The summed E-state index contributed by atoms with van der Waals surface area (Å²) in [5.74, 6) is -0.536. The van der Waals surface area contributed by atoms with Crippen molar-refractivity contribution in [3.8, 4) is 0 Å². The second kappa shape index (κ2) is 14.9. The predicted octanol–water partition coefficient (Wildman–Crippen LogP) is 6.32. The minimum Gasteiger partial charge on any atom is -0.352 e. The lowest BCUT2D eigenvalue weighted by Crippen LogP contribution is -2.51. The number of amides is 2. The Morgan fingerprint density at radius 3 is 2.21 bits per heavy atom. The molecule has 0 saturated heterocycles. The van der Waals surface area contributed by atoms with Gasteiger partial charge in [-0.2, -0.15) is 0 Å². The molecule has 0 spiro atoms. The van der Waals surface area contributed by atoms with E-state index in [1.165, 1.54) is 10.6 Å². The van der Waals surface area contributed by atoms with Crippen LogP contribution in [0.1, 0.15) is 48.9 Å². The quantitative estimate of drug-likeness (QED) is 0.239. The monoisotopic (exact) mass is 631 g/mol. The van der Waals surface area contributed by atoms with Gasteiger partial charge in [-0.3, -0.25) is 13.9 Å². The van der Waals surface area contributed by atoms with E-state index in [-0.39, 0.29) is 43.8 Å². The van der Waals surface area contributed by atoms with E-state index < -0.39 is 16.1 Å². The first-order chi connectivity index (χ1) is 19.8. The summed E-state index contributed by atoms with van der Waals surface area (Å²) < 4.78 is 26.9. The Hall–Kier alpha value is -3.07. The Morgan fingerprint density at radius 1 is 0.905 bits per heavy atom. The van der Waals surface area contributed by atoms with Gasteiger partial charge in [-0.15, -0.1) is 0 Å². The van der Waals surface area contributed by atoms with Crippen molar-refractivity contribution in [3.05, 3.63) is 99.0 Å². The fourth-order valence-corrected chi connectivity index (χ4v) is 6.08. The van der Waals surface area contributed by atoms with E-state index >= 15 is 0 Å². The van der Waals surface area contributed by atoms with E-state index in [1.807, 2.05) is 76.2 Å². The second-order valence-electron chi connectivity index (χ2n) is 10.9. The third-order valence-corrected chi connectivity index (χ3v) is 8.74. The molecule has 0 unspecified atom stereocenters. The van der Waals surface area contributed by atoms with Gasteiger partial charge < -0.3 is 10.2 Å². The van der Waals surface area contributed by atoms with Crippen LogP contribution in [0.2, 0.25) is 10.0 Å². The number of hydrogen-bond acceptors (Lipinski definition) is 4. The summed E-state index contributed by atoms with van der Waals surface area (Å²) in [5, 5.41) is 3.71. The van der Waals surface area contributed by atoms with E-state index in [0.717, 1.165) is 22.3 Å². The molecule has 1 atom stereocenters. The van der Waals surface area contributed by atoms with Crippen LogP contribution in [-0.4, -0.2) is 50.0 Å². The lowest BCUT2D eigenvalue weighted by Gasteiger charge is -2.32. The summed E-state index contributed by atoms with van der Waals surface area (Å²) in [6.07, 6.45) is 1.78. The zero-order valence-corrected chi connectivity index (χ0v) is 27.1. The second-order valence-corrected chi connectivity index (χ2v) is 13.6. The molecule has 226 valence electrons. The smallest absolute Gasteiger partial charge is 0.243 e. The largest absolute Gasteiger partial charge is 0.352 e. The summed E-state index contributed by atoms with van der Waals surface area (Å²) >= 11 is 12.4. The van der Waals surface area contributed by atoms with Crippen LogP contribution in [0.15, 0.2) is 66.7 Å². The maximum absolute atomic E-state index is 13.9. The van der Waals surface area contributed by atoms with Crippen molar-refractivity contribution < 1.29 is 18.0 Å². The molecule has 1 N–H and O–H groups in total. The van der Waals surface area contributed by atoms with Gasteiger partial charge in [-0.25, -0.2) is 8.42 Å². The molecule has 7 nitrogen and oxygen atoms in total. The lowest BCUT2D eigenvalue weighted by atomic mass is 10.0. The number of sulfonamides is 1. The number of carbonyl (C=O) groups excluding carboxylic acids is 2. The van der Waals surface area contributed by atoms with Gasteiger partial charge in [0.1, 0.15) is 6.04 Å². The van der Waals surface area contributed by atoms with Gasteiger partial charge >= 0.3 is 0 Å². The third kappa shape index (κ3) is 9.48. The Morgan fingerprint density at radius 2 is 1.60 bits per heavy atom. The highest BCUT2D eigenvalue weighted by molar-refractivity contribution is 7.92. The molecule has 2 amide bonds. The lowest BCUT2D eigenvalue weighted by molar-refractivity contribution is -0.141. The molecule has 3 aromatic carbocycles. The SMILES string of the molecule is Cc1ccc(C)c(N(CCCC(=O)N(Cc2ccc(Cl)c(Cl)c2)[C@@H](Cc2ccccc2)C(=O)NC(C)C)S(C)(=O)=O)c1. The van der Waals surface area contributed by atoms with E-state index in [2.05, 4.69) is 5.32 Å². The standard InChI is InChI=1S/C32H39Cl2N3O4S/c1-22(2)35-32(39)30(20-25-10-7-6-8-11-25)36(21-26-15-16-27(33)28(34)19-26)31(38)12-9-17-37(42(5,40)41)29-18-23(3)13-14-24(29)4/h6-8,10-11,13-16,18-19,22,30H,9,12,17,20-21H2,1-5H3,(H,35,39)/t30-/m0/s1. The van der Waals surface area contributed by atoms with Crippen LogP contribution in [0.3, 0.4) is 0 Å². The Kier molecular flexibility index (Phi) is 11.9. The van der Waals surface area contributed by atoms with Crippen LogP contribution >= 0.6 is 23.2 Å². The maximum atomic E-state index is 13.9. The number of aryl methyl sites for hydroxylation is 2. The minimum absolute atomic E-state index is 0.0401. The van der Waals surface area contributed by atoms with E-state index in [0.29, 0.717) is 22.2 Å². The summed E-state index contributed by atoms with van der Waals surface area (Å²) in [6, 6.07) is 19.4. The van der Waals surface area contributed by atoms with Crippen molar-refractivity contribution in [1.82, 2.24) is 10.2 Å². The van der Waals surface area contributed by atoms with Crippen molar-refractivity contribution in [2.75, 3.05) is 17.1 Å². The van der Waals surface area contributed by atoms with Crippen LogP contribution in [0.25, 0.3) is 0 Å². The molecular weight excluding hydrogens is 593 g/mol. The van der Waals surface area contributed by atoms with Crippen LogP contribution < -0.4 is 9.62 Å². The molecule has 0 saturated carbocycles. The highest BCUT2D eigenvalue weighted by atomic mass is 35.5. The van der Waals surface area contributed by atoms with E-state index in [1.54, 1.807) is 23.1 Å². The molecule has 42 heavy (non-hydrogen) atoms. The topological polar surface area (TPSA) is 86.8 Å². The molecule has 3 aromatic rings. The van der Waals surface area contributed by atoms with Crippen molar-refractivity contribution in [3.63, 3.8) is 0 Å². The molecule has 3 rings (SSSR count).